The molecule has 2 aromatic heterocycles. The van der Waals surface area contributed by atoms with Gasteiger partial charge in [0.05, 0.1) is 28.0 Å². The zero-order valence-corrected chi connectivity index (χ0v) is 36.0. The second kappa shape index (κ2) is 15.9. The van der Waals surface area contributed by atoms with Crippen LogP contribution in [-0.4, -0.2) is 19.6 Å². The summed E-state index contributed by atoms with van der Waals surface area (Å²) in [6, 6.07) is 57.4. The first-order chi connectivity index (χ1) is 29.7. The third kappa shape index (κ3) is 7.66. The number of pyridine rings is 1. The lowest BCUT2D eigenvalue weighted by Gasteiger charge is -2.23. The Morgan fingerprint density at radius 1 is 0.574 bits per heavy atom. The van der Waals surface area contributed by atoms with Crippen LogP contribution in [0.4, 0.5) is 0 Å². The minimum atomic E-state index is -0.671. The Hall–Kier alpha value is -7.04. The standard InChI is InChI=1S/C57H51N3O/c1-36(2)39-21-23-41(24-22-39)43-27-28-58-51(34-43)46-32-44(40-15-10-8-11-16-40)31-45(33-46)48-19-14-20-53-54(48)59-56(50-30-37(3)29-38(4)55(50)61)60(53)52-26-25-47(57(5,6)7)35-49(52)42-17-12-9-13-18-42/h8-36,61H,1-7H3/i36D. The van der Waals surface area contributed by atoms with Crippen LogP contribution in [0.3, 0.4) is 0 Å². The molecule has 7 aromatic carbocycles. The SMILES string of the molecule is [2H]C(C)(C)c1ccc(-c2ccnc(-c3cc(-c4ccccc4)cc(-c4cccc5c4nc(-c4cc(C)cc(C)c4O)n5-c4ccc(C(C)(C)C)cc4-c4ccccc4)c3)c2)cc1. The molecule has 0 atom stereocenters. The number of phenolic OH excluding ortho intramolecular Hbond substituents is 1. The molecular formula is C57H51N3O. The summed E-state index contributed by atoms with van der Waals surface area (Å²) in [4.78, 5) is 10.5. The van der Waals surface area contributed by atoms with Gasteiger partial charge in [-0.3, -0.25) is 9.55 Å². The summed E-state index contributed by atoms with van der Waals surface area (Å²) in [7, 11) is 0. The third-order valence-corrected chi connectivity index (χ3v) is 11.8. The smallest absolute Gasteiger partial charge is 0.149 e. The number of fused-ring (bicyclic) bond motifs is 1. The monoisotopic (exact) mass is 794 g/mol. The van der Waals surface area contributed by atoms with E-state index in [0.29, 0.717) is 11.4 Å². The van der Waals surface area contributed by atoms with Crippen LogP contribution in [0.15, 0.2) is 170 Å². The van der Waals surface area contributed by atoms with Gasteiger partial charge in [-0.1, -0.05) is 144 Å². The van der Waals surface area contributed by atoms with E-state index in [4.69, 9.17) is 11.3 Å². The molecule has 1 N–H and O–H groups in total. The minimum Gasteiger partial charge on any atom is -0.507 e. The van der Waals surface area contributed by atoms with Gasteiger partial charge in [0, 0.05) is 24.3 Å². The van der Waals surface area contributed by atoms with Crippen molar-refractivity contribution < 1.29 is 6.48 Å². The van der Waals surface area contributed by atoms with Crippen molar-refractivity contribution in [3.05, 3.63) is 192 Å². The first-order valence-electron chi connectivity index (χ1n) is 21.5. The Kier molecular flexibility index (Phi) is 9.92. The molecule has 61 heavy (non-hydrogen) atoms. The van der Waals surface area contributed by atoms with Gasteiger partial charge in [0.1, 0.15) is 11.6 Å². The molecule has 4 nitrogen and oxygen atoms in total. The lowest BCUT2D eigenvalue weighted by Crippen LogP contribution is -2.12. The van der Waals surface area contributed by atoms with Crippen LogP contribution in [0, 0.1) is 13.8 Å². The maximum absolute atomic E-state index is 11.8. The zero-order valence-electron chi connectivity index (χ0n) is 37.0. The summed E-state index contributed by atoms with van der Waals surface area (Å²) >= 11 is 0. The van der Waals surface area contributed by atoms with Gasteiger partial charge in [-0.05, 0) is 135 Å². The van der Waals surface area contributed by atoms with E-state index in [-0.39, 0.29) is 11.2 Å². The Balaban J connectivity index is 1.29. The second-order valence-electron chi connectivity index (χ2n) is 17.4. The number of rotatable bonds is 8. The number of aromatic hydroxyl groups is 1. The van der Waals surface area contributed by atoms with Crippen molar-refractivity contribution in [2.24, 2.45) is 0 Å². The molecule has 0 aliphatic heterocycles. The highest BCUT2D eigenvalue weighted by Gasteiger charge is 2.25. The molecule has 0 amide bonds. The number of hydrogen-bond acceptors (Lipinski definition) is 3. The van der Waals surface area contributed by atoms with E-state index >= 15 is 0 Å². The molecule has 0 unspecified atom stereocenters. The Morgan fingerprint density at radius 2 is 1.25 bits per heavy atom. The summed E-state index contributed by atoms with van der Waals surface area (Å²) in [5.74, 6) is 0.223. The number of aryl methyl sites for hydroxylation is 2. The lowest BCUT2D eigenvalue weighted by molar-refractivity contribution is 0.472. The topological polar surface area (TPSA) is 50.9 Å². The number of hydrogen-bond donors (Lipinski definition) is 1. The van der Waals surface area contributed by atoms with Crippen LogP contribution in [0.2, 0.25) is 0 Å². The van der Waals surface area contributed by atoms with Gasteiger partial charge in [0.2, 0.25) is 0 Å². The molecule has 0 aliphatic carbocycles. The van der Waals surface area contributed by atoms with Gasteiger partial charge in [-0.2, -0.15) is 0 Å². The third-order valence-electron chi connectivity index (χ3n) is 11.8. The highest BCUT2D eigenvalue weighted by atomic mass is 16.3. The molecule has 0 radical (unpaired) electrons. The largest absolute Gasteiger partial charge is 0.507 e. The van der Waals surface area contributed by atoms with Crippen molar-refractivity contribution in [2.45, 2.75) is 59.8 Å². The molecule has 0 aliphatic rings. The van der Waals surface area contributed by atoms with E-state index in [1.807, 2.05) is 63.4 Å². The van der Waals surface area contributed by atoms with Crippen LogP contribution in [0.1, 0.15) is 64.1 Å². The molecule has 300 valence electrons. The predicted octanol–water partition coefficient (Wildman–Crippen LogP) is 15.2. The summed E-state index contributed by atoms with van der Waals surface area (Å²) < 4.78 is 10.7. The van der Waals surface area contributed by atoms with Crippen molar-refractivity contribution in [2.75, 3.05) is 0 Å². The molecule has 0 spiro atoms. The van der Waals surface area contributed by atoms with Crippen LogP contribution < -0.4 is 0 Å². The van der Waals surface area contributed by atoms with Gasteiger partial charge in [0.25, 0.3) is 0 Å². The molecule has 0 saturated heterocycles. The van der Waals surface area contributed by atoms with Crippen LogP contribution >= 0.6 is 0 Å². The van der Waals surface area contributed by atoms with Crippen molar-refractivity contribution >= 4 is 11.0 Å². The van der Waals surface area contributed by atoms with Gasteiger partial charge in [0.15, 0.2) is 0 Å². The fourth-order valence-electron chi connectivity index (χ4n) is 8.43. The number of aromatic nitrogens is 3. The van der Waals surface area contributed by atoms with E-state index in [0.717, 1.165) is 89.2 Å². The first kappa shape index (κ1) is 38.2. The van der Waals surface area contributed by atoms with Crippen LogP contribution in [0.25, 0.3) is 83.9 Å². The Labute approximate surface area is 361 Å². The maximum atomic E-state index is 11.8. The Bertz CT molecular complexity index is 3100. The van der Waals surface area contributed by atoms with Gasteiger partial charge in [-0.15, -0.1) is 0 Å². The fourth-order valence-corrected chi connectivity index (χ4v) is 8.43. The second-order valence-corrected chi connectivity index (χ2v) is 17.4. The van der Waals surface area contributed by atoms with E-state index in [2.05, 4.69) is 160 Å². The highest BCUT2D eigenvalue weighted by molar-refractivity contribution is 5.98. The number of para-hydroxylation sites is 1. The van der Waals surface area contributed by atoms with Crippen molar-refractivity contribution in [1.82, 2.24) is 14.5 Å². The summed E-state index contributed by atoms with van der Waals surface area (Å²) in [5, 5.41) is 11.8. The number of imidazole rings is 1. The number of benzene rings is 7. The van der Waals surface area contributed by atoms with Crippen LogP contribution in [0.5, 0.6) is 5.75 Å². The molecule has 9 rings (SSSR count). The first-order valence-corrected chi connectivity index (χ1v) is 21.0. The molecule has 4 heteroatoms. The van der Waals surface area contributed by atoms with Crippen molar-refractivity contribution in [3.63, 3.8) is 0 Å². The summed E-state index contributed by atoms with van der Waals surface area (Å²) in [6.07, 6.45) is 1.88. The van der Waals surface area contributed by atoms with Gasteiger partial charge < -0.3 is 5.11 Å². The van der Waals surface area contributed by atoms with E-state index in [1.165, 1.54) is 5.56 Å². The van der Waals surface area contributed by atoms with E-state index in [1.54, 1.807) is 0 Å². The quantitative estimate of drug-likeness (QED) is 0.167. The molecule has 0 bridgehead atoms. The number of nitrogens with zero attached hydrogens (tertiary/aromatic N) is 3. The van der Waals surface area contributed by atoms with E-state index < -0.39 is 5.89 Å². The molecular weight excluding hydrogens is 743 g/mol. The predicted molar refractivity (Wildman–Crippen MR) is 255 cm³/mol. The lowest BCUT2D eigenvalue weighted by atomic mass is 9.85. The average molecular weight is 795 g/mol. The minimum absolute atomic E-state index is 0.0686. The van der Waals surface area contributed by atoms with Crippen molar-refractivity contribution in [1.29, 1.82) is 0 Å². The summed E-state index contributed by atoms with van der Waals surface area (Å²) in [6.45, 7) is 14.6. The molecule has 2 heterocycles. The van der Waals surface area contributed by atoms with Gasteiger partial charge in [-0.25, -0.2) is 4.98 Å². The molecule has 0 saturated carbocycles. The normalized spacial score (nSPS) is 12.1. The zero-order chi connectivity index (χ0) is 43.3. The van der Waals surface area contributed by atoms with Gasteiger partial charge >= 0.3 is 0 Å². The maximum Gasteiger partial charge on any atom is 0.149 e. The van der Waals surface area contributed by atoms with E-state index in [9.17, 15) is 5.11 Å². The molecule has 9 aromatic rings. The summed E-state index contributed by atoms with van der Waals surface area (Å²) in [5.41, 5.74) is 17.7. The van der Waals surface area contributed by atoms with Crippen molar-refractivity contribution in [3.8, 4) is 78.6 Å². The molecule has 0 fully saturated rings. The average Bonchev–Trinajstić information content (AvgIpc) is 3.67. The number of phenols is 1. The fraction of sp³-hybridized carbons (Fsp3) is 0.158. The Morgan fingerprint density at radius 3 is 1.95 bits per heavy atom. The highest BCUT2D eigenvalue weighted by Crippen LogP contribution is 2.43. The van der Waals surface area contributed by atoms with Crippen LogP contribution in [-0.2, 0) is 5.41 Å².